The van der Waals surface area contributed by atoms with E-state index in [-0.39, 0.29) is 6.09 Å². The smallest absolute Gasteiger partial charge is 0.410 e. The zero-order chi connectivity index (χ0) is 28.7. The van der Waals surface area contributed by atoms with Crippen molar-refractivity contribution in [2.24, 2.45) is 5.92 Å². The van der Waals surface area contributed by atoms with E-state index in [4.69, 9.17) is 26.1 Å². The Morgan fingerprint density at radius 3 is 2.66 bits per heavy atom. The molecule has 0 atom stereocenters. The van der Waals surface area contributed by atoms with Crippen LogP contribution in [0.4, 0.5) is 4.79 Å². The van der Waals surface area contributed by atoms with Gasteiger partial charge in [-0.15, -0.1) is 0 Å². The van der Waals surface area contributed by atoms with E-state index in [1.165, 1.54) is 0 Å². The minimum absolute atomic E-state index is 0.242. The molecule has 0 saturated carbocycles. The highest BCUT2D eigenvalue weighted by Crippen LogP contribution is 2.35. The molecule has 5 aromatic rings. The van der Waals surface area contributed by atoms with Gasteiger partial charge in [-0.05, 0) is 70.7 Å². The number of ether oxygens (including phenoxy) is 2. The fourth-order valence-corrected chi connectivity index (χ4v) is 5.28. The number of nitrogens with zero attached hydrogens (tertiary/aromatic N) is 6. The number of benzene rings is 2. The van der Waals surface area contributed by atoms with E-state index in [2.05, 4.69) is 20.1 Å². The molecule has 1 aliphatic heterocycles. The summed E-state index contributed by atoms with van der Waals surface area (Å²) in [6.45, 7) is 9.71. The number of halogens is 1. The van der Waals surface area contributed by atoms with E-state index in [1.807, 2.05) is 62.8 Å². The molecule has 0 radical (unpaired) electrons. The molecule has 1 saturated heterocycles. The van der Waals surface area contributed by atoms with Crippen LogP contribution in [0.5, 0.6) is 11.5 Å². The first-order chi connectivity index (χ1) is 19.6. The van der Waals surface area contributed by atoms with E-state index in [0.29, 0.717) is 52.3 Å². The van der Waals surface area contributed by atoms with Crippen molar-refractivity contribution in [1.82, 2.24) is 34.6 Å². The number of carbonyl (C=O) groups is 1. The summed E-state index contributed by atoms with van der Waals surface area (Å²) in [7, 11) is 0. The van der Waals surface area contributed by atoms with E-state index < -0.39 is 5.60 Å². The zero-order valence-corrected chi connectivity index (χ0v) is 24.3. The van der Waals surface area contributed by atoms with Gasteiger partial charge in [-0.25, -0.2) is 14.8 Å². The summed E-state index contributed by atoms with van der Waals surface area (Å²) in [6.07, 6.45) is 7.06. The topological polar surface area (TPSA) is 111 Å². The molecular weight excluding hydrogens is 542 g/mol. The van der Waals surface area contributed by atoms with Gasteiger partial charge in [0.25, 0.3) is 0 Å². The Kier molecular flexibility index (Phi) is 7.03. The third-order valence-electron chi connectivity index (χ3n) is 7.06. The molecule has 212 valence electrons. The maximum atomic E-state index is 12.4. The monoisotopic (exact) mass is 573 g/mol. The summed E-state index contributed by atoms with van der Waals surface area (Å²) in [6, 6.07) is 9.31. The van der Waals surface area contributed by atoms with Gasteiger partial charge in [-0.2, -0.15) is 5.10 Å². The predicted molar refractivity (Wildman–Crippen MR) is 157 cm³/mol. The summed E-state index contributed by atoms with van der Waals surface area (Å²) in [5.41, 5.74) is 4.05. The molecule has 1 fully saturated rings. The largest absolute Gasteiger partial charge is 0.456 e. The van der Waals surface area contributed by atoms with Crippen molar-refractivity contribution in [3.05, 3.63) is 59.8 Å². The number of imidazole rings is 1. The van der Waals surface area contributed by atoms with Crippen molar-refractivity contribution in [2.45, 2.75) is 52.7 Å². The lowest BCUT2D eigenvalue weighted by molar-refractivity contribution is 0.0177. The number of aromatic amines is 1. The summed E-state index contributed by atoms with van der Waals surface area (Å²) < 4.78 is 13.6. The molecule has 4 heterocycles. The number of hydrogen-bond acceptors (Lipinski definition) is 7. The van der Waals surface area contributed by atoms with Crippen molar-refractivity contribution in [3.8, 4) is 22.8 Å². The number of rotatable bonds is 5. The Hall–Kier alpha value is -4.18. The van der Waals surface area contributed by atoms with E-state index >= 15 is 0 Å². The second kappa shape index (κ2) is 10.7. The first-order valence-electron chi connectivity index (χ1n) is 13.7. The molecule has 1 amide bonds. The molecule has 10 nitrogen and oxygen atoms in total. The van der Waals surface area contributed by atoms with Crippen LogP contribution in [-0.4, -0.2) is 59.4 Å². The minimum atomic E-state index is -0.488. The summed E-state index contributed by atoms with van der Waals surface area (Å²) in [5.74, 6) is 2.40. The highest BCUT2D eigenvalue weighted by Gasteiger charge is 2.27. The minimum Gasteiger partial charge on any atom is -0.456 e. The van der Waals surface area contributed by atoms with Gasteiger partial charge in [-0.1, -0.05) is 11.6 Å². The summed E-state index contributed by atoms with van der Waals surface area (Å²) in [5, 5.41) is 4.96. The predicted octanol–water partition coefficient (Wildman–Crippen LogP) is 6.77. The molecule has 0 aliphatic carbocycles. The number of H-pyrrole nitrogens is 1. The fourth-order valence-electron chi connectivity index (χ4n) is 5.04. The average molecular weight is 574 g/mol. The van der Waals surface area contributed by atoms with Gasteiger partial charge in [0.15, 0.2) is 0 Å². The number of nitrogens with one attached hydrogen (secondary N) is 1. The van der Waals surface area contributed by atoms with Crippen LogP contribution in [0.3, 0.4) is 0 Å². The summed E-state index contributed by atoms with van der Waals surface area (Å²) in [4.78, 5) is 31.2. The average Bonchev–Trinajstić information content (AvgIpc) is 3.55. The standard InChI is InChI=1S/C30H32ClN7O3/c1-18-34-22-6-5-21(13-24(22)35-18)40-26-8-7-23-28(27(26)31)36-25(15-32-23)20-14-33-38(17-20)16-19-9-11-37(12-10-19)29(39)41-30(2,3)4/h5-8,13-15,17,19H,9-12,16H2,1-4H3,(H,34,35). The van der Waals surface area contributed by atoms with Crippen LogP contribution in [0.15, 0.2) is 48.9 Å². The van der Waals surface area contributed by atoms with Crippen LogP contribution in [-0.2, 0) is 11.3 Å². The van der Waals surface area contributed by atoms with Gasteiger partial charge in [0.05, 0.1) is 34.6 Å². The van der Waals surface area contributed by atoms with Crippen LogP contribution >= 0.6 is 11.6 Å². The first kappa shape index (κ1) is 27.0. The molecule has 0 bridgehead atoms. The van der Waals surface area contributed by atoms with Crippen LogP contribution in [0, 0.1) is 12.8 Å². The van der Waals surface area contributed by atoms with E-state index in [0.717, 1.165) is 41.8 Å². The number of aromatic nitrogens is 6. The number of piperidine rings is 1. The molecule has 41 heavy (non-hydrogen) atoms. The van der Waals surface area contributed by atoms with Crippen molar-refractivity contribution in [1.29, 1.82) is 0 Å². The Bertz CT molecular complexity index is 1730. The summed E-state index contributed by atoms with van der Waals surface area (Å²) >= 11 is 6.77. The zero-order valence-electron chi connectivity index (χ0n) is 23.5. The maximum Gasteiger partial charge on any atom is 0.410 e. The third kappa shape index (κ3) is 5.97. The molecule has 0 spiro atoms. The van der Waals surface area contributed by atoms with Gasteiger partial charge >= 0.3 is 6.09 Å². The third-order valence-corrected chi connectivity index (χ3v) is 7.42. The van der Waals surface area contributed by atoms with Crippen LogP contribution in [0.2, 0.25) is 5.02 Å². The number of carbonyl (C=O) groups excluding carboxylic acids is 1. The van der Waals surface area contributed by atoms with E-state index in [9.17, 15) is 4.79 Å². The Morgan fingerprint density at radius 2 is 1.88 bits per heavy atom. The number of aryl methyl sites for hydroxylation is 1. The molecule has 2 aromatic carbocycles. The number of hydrogen-bond donors (Lipinski definition) is 1. The van der Waals surface area contributed by atoms with E-state index in [1.54, 1.807) is 23.4 Å². The van der Waals surface area contributed by atoms with Crippen molar-refractivity contribution in [3.63, 3.8) is 0 Å². The fraction of sp³-hybridized carbons (Fsp3) is 0.367. The molecule has 1 aliphatic rings. The lowest BCUT2D eigenvalue weighted by Gasteiger charge is -2.33. The lowest BCUT2D eigenvalue weighted by atomic mass is 9.97. The van der Waals surface area contributed by atoms with Crippen molar-refractivity contribution < 1.29 is 14.3 Å². The molecular formula is C30H32ClN7O3. The van der Waals surface area contributed by atoms with Gasteiger partial charge in [0.2, 0.25) is 0 Å². The van der Waals surface area contributed by atoms with Gasteiger partial charge in [0.1, 0.15) is 33.5 Å². The Labute approximate surface area is 242 Å². The highest BCUT2D eigenvalue weighted by atomic mass is 35.5. The van der Waals surface area contributed by atoms with Crippen LogP contribution in [0.25, 0.3) is 33.3 Å². The number of fused-ring (bicyclic) bond motifs is 2. The highest BCUT2D eigenvalue weighted by molar-refractivity contribution is 6.36. The normalized spacial score (nSPS) is 14.6. The van der Waals surface area contributed by atoms with Gasteiger partial charge < -0.3 is 19.4 Å². The maximum absolute atomic E-state index is 12.4. The quantitative estimate of drug-likeness (QED) is 0.247. The lowest BCUT2D eigenvalue weighted by Crippen LogP contribution is -2.42. The molecule has 3 aromatic heterocycles. The number of amides is 1. The molecule has 11 heteroatoms. The molecule has 6 rings (SSSR count). The molecule has 1 N–H and O–H groups in total. The van der Waals surface area contributed by atoms with Gasteiger partial charge in [-0.3, -0.25) is 9.67 Å². The van der Waals surface area contributed by atoms with Crippen molar-refractivity contribution >= 4 is 39.8 Å². The number of likely N-dealkylation sites (tertiary alicyclic amines) is 1. The SMILES string of the molecule is Cc1nc2ccc(Oc3ccc4ncc(-c5cnn(CC6CCN(C(=O)OC(C)(C)C)CC6)c5)nc4c3Cl)cc2[nH]1. The van der Waals surface area contributed by atoms with Crippen LogP contribution in [0.1, 0.15) is 39.4 Å². The molecule has 0 unspecified atom stereocenters. The van der Waals surface area contributed by atoms with Crippen LogP contribution < -0.4 is 4.74 Å². The first-order valence-corrected chi connectivity index (χ1v) is 14.1. The Morgan fingerprint density at radius 1 is 1.10 bits per heavy atom. The Balaban J connectivity index is 1.14. The van der Waals surface area contributed by atoms with Crippen molar-refractivity contribution in [2.75, 3.05) is 13.1 Å². The second-order valence-electron chi connectivity index (χ2n) is 11.5. The van der Waals surface area contributed by atoms with Gasteiger partial charge in [0, 0.05) is 37.5 Å². The second-order valence-corrected chi connectivity index (χ2v) is 11.8.